The van der Waals surface area contributed by atoms with Crippen LogP contribution >= 0.6 is 11.3 Å². The van der Waals surface area contributed by atoms with Crippen LogP contribution in [0, 0.1) is 5.92 Å². The van der Waals surface area contributed by atoms with Crippen molar-refractivity contribution in [3.8, 4) is 5.75 Å². The molecule has 1 amide bonds. The molecule has 1 aliphatic rings. The fraction of sp³-hybridized carbons (Fsp3) is 0.444. The van der Waals surface area contributed by atoms with Gasteiger partial charge in [-0.15, -0.1) is 11.3 Å². The molecule has 1 fully saturated rings. The van der Waals surface area contributed by atoms with Gasteiger partial charge in [0.1, 0.15) is 16.5 Å². The fourth-order valence-corrected chi connectivity index (χ4v) is 3.56. The monoisotopic (exact) mass is 345 g/mol. The number of anilines is 1. The second kappa shape index (κ2) is 8.26. The van der Waals surface area contributed by atoms with E-state index >= 15 is 0 Å². The van der Waals surface area contributed by atoms with Gasteiger partial charge in [-0.1, -0.05) is 19.3 Å². The predicted octanol–water partition coefficient (Wildman–Crippen LogP) is 3.81. The second-order valence-electron chi connectivity index (χ2n) is 6.12. The van der Waals surface area contributed by atoms with Crippen molar-refractivity contribution in [2.24, 2.45) is 11.7 Å². The first-order valence-electron chi connectivity index (χ1n) is 8.43. The van der Waals surface area contributed by atoms with Crippen LogP contribution in [0.2, 0.25) is 0 Å². The molecule has 1 saturated carbocycles. The third-order valence-electron chi connectivity index (χ3n) is 4.28. The van der Waals surface area contributed by atoms with E-state index in [0.717, 1.165) is 23.1 Å². The summed E-state index contributed by atoms with van der Waals surface area (Å²) < 4.78 is 5.87. The highest BCUT2D eigenvalue weighted by molar-refractivity contribution is 7.09. The highest BCUT2D eigenvalue weighted by Gasteiger charge is 2.14. The molecule has 5 nitrogen and oxygen atoms in total. The number of nitrogens with zero attached hydrogens (tertiary/aromatic N) is 1. The number of benzene rings is 1. The van der Waals surface area contributed by atoms with E-state index in [1.807, 2.05) is 24.3 Å². The molecule has 1 aromatic carbocycles. The van der Waals surface area contributed by atoms with E-state index in [1.54, 1.807) is 5.38 Å². The standard InChI is InChI=1S/C18H23N3O2S/c19-10-17-21-16(12-24-17)18(22)20-14-6-8-15(9-7-14)23-11-13-4-2-1-3-5-13/h6-9,12-13H,1-5,10-11,19H2,(H,20,22). The number of aromatic nitrogens is 1. The maximum absolute atomic E-state index is 12.1. The summed E-state index contributed by atoms with van der Waals surface area (Å²) in [5.74, 6) is 1.30. The summed E-state index contributed by atoms with van der Waals surface area (Å²) in [6.45, 7) is 1.14. The molecule has 0 spiro atoms. The Labute approximate surface area is 146 Å². The van der Waals surface area contributed by atoms with Gasteiger partial charge in [0.2, 0.25) is 0 Å². The van der Waals surface area contributed by atoms with Gasteiger partial charge in [0.25, 0.3) is 5.91 Å². The number of nitrogens with two attached hydrogens (primary N) is 1. The highest BCUT2D eigenvalue weighted by Crippen LogP contribution is 2.25. The van der Waals surface area contributed by atoms with Crippen molar-refractivity contribution in [3.05, 3.63) is 40.3 Å². The molecule has 3 rings (SSSR count). The smallest absolute Gasteiger partial charge is 0.275 e. The Balaban J connectivity index is 1.51. The van der Waals surface area contributed by atoms with Crippen LogP contribution < -0.4 is 15.8 Å². The maximum Gasteiger partial charge on any atom is 0.275 e. The van der Waals surface area contributed by atoms with Gasteiger partial charge in [0.05, 0.1) is 6.61 Å². The van der Waals surface area contributed by atoms with Crippen molar-refractivity contribution in [1.29, 1.82) is 0 Å². The number of carbonyl (C=O) groups is 1. The maximum atomic E-state index is 12.1. The molecule has 0 aliphatic heterocycles. The third-order valence-corrected chi connectivity index (χ3v) is 5.15. The lowest BCUT2D eigenvalue weighted by atomic mass is 9.90. The van der Waals surface area contributed by atoms with Gasteiger partial charge in [-0.3, -0.25) is 4.79 Å². The Kier molecular flexibility index (Phi) is 5.82. The van der Waals surface area contributed by atoms with Crippen LogP contribution in [0.25, 0.3) is 0 Å². The van der Waals surface area contributed by atoms with E-state index in [2.05, 4.69) is 10.3 Å². The molecule has 2 aromatic rings. The summed E-state index contributed by atoms with van der Waals surface area (Å²) in [5.41, 5.74) is 6.65. The molecule has 1 aliphatic carbocycles. The Morgan fingerprint density at radius 3 is 2.67 bits per heavy atom. The van der Waals surface area contributed by atoms with Gasteiger partial charge >= 0.3 is 0 Å². The second-order valence-corrected chi connectivity index (χ2v) is 7.07. The topological polar surface area (TPSA) is 77.2 Å². The number of rotatable bonds is 6. The van der Waals surface area contributed by atoms with Crippen LogP contribution in [0.15, 0.2) is 29.6 Å². The third kappa shape index (κ3) is 4.55. The quantitative estimate of drug-likeness (QED) is 0.834. The molecule has 0 saturated heterocycles. The van der Waals surface area contributed by atoms with E-state index in [4.69, 9.17) is 10.5 Å². The number of nitrogens with one attached hydrogen (secondary N) is 1. The van der Waals surface area contributed by atoms with Gasteiger partial charge in [0, 0.05) is 17.6 Å². The molecule has 24 heavy (non-hydrogen) atoms. The first kappa shape index (κ1) is 16.9. The zero-order valence-electron chi connectivity index (χ0n) is 13.7. The van der Waals surface area contributed by atoms with E-state index in [9.17, 15) is 4.79 Å². The lowest BCUT2D eigenvalue weighted by Gasteiger charge is -2.21. The zero-order valence-corrected chi connectivity index (χ0v) is 14.5. The molecule has 0 bridgehead atoms. The summed E-state index contributed by atoms with van der Waals surface area (Å²) >= 11 is 1.39. The van der Waals surface area contributed by atoms with E-state index < -0.39 is 0 Å². The largest absolute Gasteiger partial charge is 0.493 e. The molecule has 6 heteroatoms. The molecule has 3 N–H and O–H groups in total. The van der Waals surface area contributed by atoms with Crippen LogP contribution in [0.1, 0.15) is 47.6 Å². The van der Waals surface area contributed by atoms with Crippen LogP contribution in [-0.2, 0) is 6.54 Å². The van der Waals surface area contributed by atoms with Crippen LogP contribution in [0.3, 0.4) is 0 Å². The Hall–Kier alpha value is -1.92. The fourth-order valence-electron chi connectivity index (χ4n) is 2.91. The van der Waals surface area contributed by atoms with Crippen molar-refractivity contribution >= 4 is 22.9 Å². The minimum absolute atomic E-state index is 0.221. The van der Waals surface area contributed by atoms with Gasteiger partial charge < -0.3 is 15.8 Å². The molecule has 0 radical (unpaired) electrons. The number of hydrogen-bond donors (Lipinski definition) is 2. The Morgan fingerprint density at radius 1 is 1.25 bits per heavy atom. The Bertz CT molecular complexity index is 663. The van der Waals surface area contributed by atoms with Gasteiger partial charge in [-0.2, -0.15) is 0 Å². The molecule has 1 heterocycles. The minimum Gasteiger partial charge on any atom is -0.493 e. The summed E-state index contributed by atoms with van der Waals surface area (Å²) in [7, 11) is 0. The predicted molar refractivity (Wildman–Crippen MR) is 96.5 cm³/mol. The lowest BCUT2D eigenvalue weighted by Crippen LogP contribution is -2.15. The molecular weight excluding hydrogens is 322 g/mol. The molecule has 0 unspecified atom stereocenters. The van der Waals surface area contributed by atoms with Gasteiger partial charge in [-0.05, 0) is 43.0 Å². The summed E-state index contributed by atoms with van der Waals surface area (Å²) in [4.78, 5) is 16.3. The zero-order chi connectivity index (χ0) is 16.8. The number of thiazole rings is 1. The average Bonchev–Trinajstić information content (AvgIpc) is 3.11. The lowest BCUT2D eigenvalue weighted by molar-refractivity contribution is 0.102. The summed E-state index contributed by atoms with van der Waals surface area (Å²) in [5, 5.41) is 5.31. The van der Waals surface area contributed by atoms with E-state index in [0.29, 0.717) is 18.2 Å². The number of ether oxygens (including phenoxy) is 1. The van der Waals surface area contributed by atoms with Crippen molar-refractivity contribution in [2.75, 3.05) is 11.9 Å². The van der Waals surface area contributed by atoms with Crippen molar-refractivity contribution in [2.45, 2.75) is 38.6 Å². The first-order valence-corrected chi connectivity index (χ1v) is 9.31. The minimum atomic E-state index is -0.221. The normalized spacial score (nSPS) is 15.2. The molecule has 128 valence electrons. The van der Waals surface area contributed by atoms with Crippen molar-refractivity contribution < 1.29 is 9.53 Å². The number of amides is 1. The first-order chi connectivity index (χ1) is 11.7. The van der Waals surface area contributed by atoms with E-state index in [-0.39, 0.29) is 5.91 Å². The average molecular weight is 345 g/mol. The Morgan fingerprint density at radius 2 is 2.00 bits per heavy atom. The summed E-state index contributed by atoms with van der Waals surface area (Å²) in [6.07, 6.45) is 6.54. The summed E-state index contributed by atoms with van der Waals surface area (Å²) in [6, 6.07) is 7.49. The molecule has 0 atom stereocenters. The van der Waals surface area contributed by atoms with Gasteiger partial charge in [0.15, 0.2) is 0 Å². The molecule has 1 aromatic heterocycles. The molecular formula is C18H23N3O2S. The SMILES string of the molecule is NCc1nc(C(=O)Nc2ccc(OCC3CCCCC3)cc2)cs1. The van der Waals surface area contributed by atoms with Crippen molar-refractivity contribution in [1.82, 2.24) is 4.98 Å². The van der Waals surface area contributed by atoms with Gasteiger partial charge in [-0.25, -0.2) is 4.98 Å². The van der Waals surface area contributed by atoms with Crippen molar-refractivity contribution in [3.63, 3.8) is 0 Å². The van der Waals surface area contributed by atoms with E-state index in [1.165, 1.54) is 43.4 Å². The van der Waals surface area contributed by atoms with Crippen LogP contribution in [0.4, 0.5) is 5.69 Å². The van der Waals surface area contributed by atoms with Crippen LogP contribution in [0.5, 0.6) is 5.75 Å². The number of carbonyl (C=O) groups excluding carboxylic acids is 1. The number of hydrogen-bond acceptors (Lipinski definition) is 5. The van der Waals surface area contributed by atoms with Crippen LogP contribution in [-0.4, -0.2) is 17.5 Å². The highest BCUT2D eigenvalue weighted by atomic mass is 32.1.